The van der Waals surface area contributed by atoms with Gasteiger partial charge in [-0.15, -0.1) is 0 Å². The van der Waals surface area contributed by atoms with Crippen molar-refractivity contribution in [2.75, 3.05) is 26.3 Å². The quantitative estimate of drug-likeness (QED) is 0.848. The molecule has 2 aliphatic rings. The summed E-state index contributed by atoms with van der Waals surface area (Å²) in [6.07, 6.45) is 3.17. The number of carboxylic acids is 1. The highest BCUT2D eigenvalue weighted by Gasteiger charge is 2.55. The lowest BCUT2D eigenvalue weighted by Gasteiger charge is -2.34. The summed E-state index contributed by atoms with van der Waals surface area (Å²) in [4.78, 5) is 26.8. The number of carbonyl (C=O) groups is 2. The summed E-state index contributed by atoms with van der Waals surface area (Å²) in [6.45, 7) is 5.67. The van der Waals surface area contributed by atoms with Crippen LogP contribution >= 0.6 is 0 Å². The largest absolute Gasteiger partial charge is 0.481 e. The number of ether oxygens (including phenoxy) is 1. The predicted molar refractivity (Wildman–Crippen MR) is 98.7 cm³/mol. The van der Waals surface area contributed by atoms with Crippen molar-refractivity contribution < 1.29 is 19.4 Å². The second-order valence-corrected chi connectivity index (χ2v) is 8.39. The van der Waals surface area contributed by atoms with Crippen LogP contribution in [0.4, 0.5) is 0 Å². The Kier molecular flexibility index (Phi) is 5.37. The normalized spacial score (nSPS) is 25.8. The van der Waals surface area contributed by atoms with Gasteiger partial charge in [-0.3, -0.25) is 9.59 Å². The molecule has 2 aliphatic heterocycles. The van der Waals surface area contributed by atoms with Gasteiger partial charge in [-0.25, -0.2) is 0 Å². The van der Waals surface area contributed by atoms with E-state index in [1.807, 2.05) is 32.0 Å². The summed E-state index contributed by atoms with van der Waals surface area (Å²) in [5.74, 6) is -0.818. The van der Waals surface area contributed by atoms with Crippen LogP contribution in [-0.2, 0) is 20.7 Å². The van der Waals surface area contributed by atoms with Gasteiger partial charge >= 0.3 is 5.97 Å². The van der Waals surface area contributed by atoms with E-state index in [4.69, 9.17) is 4.74 Å². The van der Waals surface area contributed by atoms with E-state index in [-0.39, 0.29) is 11.8 Å². The molecule has 0 saturated carbocycles. The van der Waals surface area contributed by atoms with Crippen LogP contribution in [0, 0.1) is 16.7 Å². The maximum Gasteiger partial charge on any atom is 0.311 e. The molecule has 0 aliphatic carbocycles. The van der Waals surface area contributed by atoms with Crippen molar-refractivity contribution in [3.8, 4) is 0 Å². The van der Waals surface area contributed by atoms with Gasteiger partial charge in [0.05, 0.1) is 12.0 Å². The predicted octanol–water partition coefficient (Wildman–Crippen LogP) is 2.99. The second-order valence-electron chi connectivity index (χ2n) is 8.39. The second kappa shape index (κ2) is 7.39. The molecular weight excluding hydrogens is 330 g/mol. The first kappa shape index (κ1) is 18.9. The minimum atomic E-state index is -0.825. The molecule has 0 radical (unpaired) electrons. The minimum Gasteiger partial charge on any atom is -0.481 e. The summed E-state index contributed by atoms with van der Waals surface area (Å²) in [6, 6.07) is 10.3. The van der Waals surface area contributed by atoms with Gasteiger partial charge in [-0.2, -0.15) is 0 Å². The molecule has 1 amide bonds. The van der Waals surface area contributed by atoms with Gasteiger partial charge < -0.3 is 14.7 Å². The van der Waals surface area contributed by atoms with Crippen LogP contribution in [0.5, 0.6) is 0 Å². The summed E-state index contributed by atoms with van der Waals surface area (Å²) in [7, 11) is 0. The maximum atomic E-state index is 13.1. The molecule has 2 atom stereocenters. The maximum absolute atomic E-state index is 13.1. The fourth-order valence-electron chi connectivity index (χ4n) is 4.37. The molecule has 0 unspecified atom stereocenters. The van der Waals surface area contributed by atoms with Gasteiger partial charge in [-0.1, -0.05) is 44.2 Å². The van der Waals surface area contributed by atoms with Crippen molar-refractivity contribution in [1.29, 1.82) is 0 Å². The standard InChI is InChI=1S/C21H29NO4/c1-20(2,10-6-9-16-7-4-3-5-8-16)18(23)22-13-17-14-26-12-11-21(17,15-22)19(24)25/h3-5,7-8,17H,6,9-15H2,1-2H3,(H,24,25)/t17-,21+/m0/s1. The molecule has 0 aromatic heterocycles. The van der Waals surface area contributed by atoms with Crippen LogP contribution in [0.2, 0.25) is 0 Å². The summed E-state index contributed by atoms with van der Waals surface area (Å²) in [5, 5.41) is 9.78. The molecule has 1 aromatic carbocycles. The van der Waals surface area contributed by atoms with E-state index < -0.39 is 16.8 Å². The van der Waals surface area contributed by atoms with Gasteiger partial charge in [0.1, 0.15) is 0 Å². The summed E-state index contributed by atoms with van der Waals surface area (Å²) >= 11 is 0. The summed E-state index contributed by atoms with van der Waals surface area (Å²) < 4.78 is 5.48. The van der Waals surface area contributed by atoms with E-state index in [9.17, 15) is 14.7 Å². The average molecular weight is 359 g/mol. The van der Waals surface area contributed by atoms with Gasteiger partial charge in [0, 0.05) is 31.0 Å². The third-order valence-corrected chi connectivity index (χ3v) is 6.11. The first-order valence-electron chi connectivity index (χ1n) is 9.50. The van der Waals surface area contributed by atoms with Crippen molar-refractivity contribution in [1.82, 2.24) is 4.90 Å². The number of hydrogen-bond donors (Lipinski definition) is 1. The number of rotatable bonds is 6. The van der Waals surface area contributed by atoms with Crippen LogP contribution in [0.15, 0.2) is 30.3 Å². The zero-order valence-corrected chi connectivity index (χ0v) is 15.7. The Hall–Kier alpha value is -1.88. The summed E-state index contributed by atoms with van der Waals surface area (Å²) in [5.41, 5.74) is -0.0263. The minimum absolute atomic E-state index is 0.0700. The molecular formula is C21H29NO4. The van der Waals surface area contributed by atoms with E-state index in [1.54, 1.807) is 4.90 Å². The molecule has 0 bridgehead atoms. The van der Waals surface area contributed by atoms with Crippen molar-refractivity contribution in [2.45, 2.75) is 39.5 Å². The van der Waals surface area contributed by atoms with Gasteiger partial charge in [0.25, 0.3) is 0 Å². The van der Waals surface area contributed by atoms with Crippen molar-refractivity contribution in [3.05, 3.63) is 35.9 Å². The van der Waals surface area contributed by atoms with Crippen LogP contribution in [0.1, 0.15) is 38.7 Å². The number of likely N-dealkylation sites (tertiary alicyclic amines) is 1. The van der Waals surface area contributed by atoms with Crippen molar-refractivity contribution >= 4 is 11.9 Å². The first-order chi connectivity index (χ1) is 12.3. The number of benzene rings is 1. The van der Waals surface area contributed by atoms with Gasteiger partial charge in [0.2, 0.25) is 5.91 Å². The Bertz CT molecular complexity index is 657. The topological polar surface area (TPSA) is 66.8 Å². The SMILES string of the molecule is CC(C)(CCCc1ccccc1)C(=O)N1C[C@H]2COCC[C@@]2(C(=O)O)C1. The number of carbonyl (C=O) groups excluding carboxylic acids is 1. The Morgan fingerprint density at radius 2 is 2.04 bits per heavy atom. The molecule has 1 N–H and O–H groups in total. The fourth-order valence-corrected chi connectivity index (χ4v) is 4.37. The van der Waals surface area contributed by atoms with E-state index in [0.717, 1.165) is 19.3 Å². The zero-order chi connectivity index (χ0) is 18.8. The van der Waals surface area contributed by atoms with Crippen LogP contribution in [0.3, 0.4) is 0 Å². The lowest BCUT2D eigenvalue weighted by atomic mass is 9.74. The molecule has 142 valence electrons. The number of carboxylic acid groups (broad SMARTS) is 1. The molecule has 1 aromatic rings. The van der Waals surface area contributed by atoms with E-state index >= 15 is 0 Å². The van der Waals surface area contributed by atoms with Gasteiger partial charge in [0.15, 0.2) is 0 Å². The Balaban J connectivity index is 1.61. The molecule has 2 heterocycles. The highest BCUT2D eigenvalue weighted by molar-refractivity contribution is 5.84. The van der Waals surface area contributed by atoms with E-state index in [0.29, 0.717) is 32.7 Å². The number of hydrogen-bond acceptors (Lipinski definition) is 3. The molecule has 2 saturated heterocycles. The molecule has 0 spiro atoms. The third-order valence-electron chi connectivity index (χ3n) is 6.11. The molecule has 5 heteroatoms. The highest BCUT2D eigenvalue weighted by Crippen LogP contribution is 2.44. The van der Waals surface area contributed by atoms with Crippen molar-refractivity contribution in [3.63, 3.8) is 0 Å². The number of nitrogens with zero attached hydrogens (tertiary/aromatic N) is 1. The highest BCUT2D eigenvalue weighted by atomic mass is 16.5. The lowest BCUT2D eigenvalue weighted by Crippen LogP contribution is -2.45. The Morgan fingerprint density at radius 1 is 1.31 bits per heavy atom. The van der Waals surface area contributed by atoms with Crippen LogP contribution < -0.4 is 0 Å². The van der Waals surface area contributed by atoms with Crippen LogP contribution in [-0.4, -0.2) is 48.2 Å². The molecule has 26 heavy (non-hydrogen) atoms. The number of aryl methyl sites for hydroxylation is 1. The molecule has 5 nitrogen and oxygen atoms in total. The Labute approximate surface area is 155 Å². The molecule has 3 rings (SSSR count). The fraction of sp³-hybridized carbons (Fsp3) is 0.619. The molecule has 2 fully saturated rings. The smallest absolute Gasteiger partial charge is 0.311 e. The van der Waals surface area contributed by atoms with Gasteiger partial charge in [-0.05, 0) is 31.2 Å². The zero-order valence-electron chi connectivity index (χ0n) is 15.7. The third kappa shape index (κ3) is 3.63. The first-order valence-corrected chi connectivity index (χ1v) is 9.50. The van der Waals surface area contributed by atoms with Crippen molar-refractivity contribution in [2.24, 2.45) is 16.7 Å². The monoisotopic (exact) mass is 359 g/mol. The number of aliphatic carboxylic acids is 1. The Morgan fingerprint density at radius 3 is 2.69 bits per heavy atom. The number of fused-ring (bicyclic) bond motifs is 1. The van der Waals surface area contributed by atoms with E-state index in [2.05, 4.69) is 12.1 Å². The number of amides is 1. The van der Waals surface area contributed by atoms with E-state index in [1.165, 1.54) is 5.56 Å². The average Bonchev–Trinajstić information content (AvgIpc) is 3.03. The lowest BCUT2D eigenvalue weighted by molar-refractivity contribution is -0.157. The van der Waals surface area contributed by atoms with Crippen LogP contribution in [0.25, 0.3) is 0 Å².